The maximum absolute atomic E-state index is 11.3. The van der Waals surface area contributed by atoms with Gasteiger partial charge in [-0.25, -0.2) is 0 Å². The van der Waals surface area contributed by atoms with Gasteiger partial charge in [0, 0.05) is 13.0 Å². The number of rotatable bonds is 14. The highest BCUT2D eigenvalue weighted by atomic mass is 16.7. The molecule has 5 heteroatoms. The zero-order chi connectivity index (χ0) is 25.0. The zero-order valence-electron chi connectivity index (χ0n) is 22.3. The molecule has 1 heterocycles. The van der Waals surface area contributed by atoms with E-state index in [1.165, 1.54) is 20.0 Å². The van der Waals surface area contributed by atoms with Crippen molar-refractivity contribution in [2.45, 2.75) is 117 Å². The van der Waals surface area contributed by atoms with Crippen LogP contribution in [0.15, 0.2) is 24.3 Å². The largest absolute Gasteiger partial charge is 0.469 e. The molecule has 196 valence electrons. The third-order valence-electron chi connectivity index (χ3n) is 7.55. The molecule has 1 saturated heterocycles. The van der Waals surface area contributed by atoms with E-state index in [1.807, 2.05) is 0 Å². The van der Waals surface area contributed by atoms with E-state index < -0.39 is 0 Å². The Morgan fingerprint density at radius 2 is 2.03 bits per heavy atom. The van der Waals surface area contributed by atoms with E-state index in [-0.39, 0.29) is 41.7 Å². The molecule has 2 aliphatic rings. The summed E-state index contributed by atoms with van der Waals surface area (Å²) in [6.07, 6.45) is 18.9. The number of methoxy groups -OCH3 is 1. The first-order chi connectivity index (χ1) is 16.3. The average molecular weight is 479 g/mol. The van der Waals surface area contributed by atoms with Gasteiger partial charge in [-0.2, -0.15) is 0 Å². The molecule has 34 heavy (non-hydrogen) atoms. The van der Waals surface area contributed by atoms with Crippen LogP contribution in [0.3, 0.4) is 0 Å². The Morgan fingerprint density at radius 1 is 1.24 bits per heavy atom. The summed E-state index contributed by atoms with van der Waals surface area (Å²) in [6, 6.07) is 0. The predicted octanol–water partition coefficient (Wildman–Crippen LogP) is 6.59. The highest BCUT2D eigenvalue weighted by molar-refractivity contribution is 5.69. The maximum Gasteiger partial charge on any atom is 0.305 e. The van der Waals surface area contributed by atoms with Gasteiger partial charge in [0.05, 0.1) is 19.3 Å². The second-order valence-corrected chi connectivity index (χ2v) is 11.0. The summed E-state index contributed by atoms with van der Waals surface area (Å²) < 4.78 is 17.3. The van der Waals surface area contributed by atoms with Crippen molar-refractivity contribution in [1.29, 1.82) is 0 Å². The molecule has 1 aliphatic carbocycles. The summed E-state index contributed by atoms with van der Waals surface area (Å²) in [4.78, 5) is 11.3. The van der Waals surface area contributed by atoms with Gasteiger partial charge in [-0.3, -0.25) is 4.79 Å². The number of hydrogen-bond acceptors (Lipinski definition) is 5. The second-order valence-electron chi connectivity index (χ2n) is 11.0. The van der Waals surface area contributed by atoms with Gasteiger partial charge < -0.3 is 19.3 Å². The zero-order valence-corrected chi connectivity index (χ0v) is 22.3. The van der Waals surface area contributed by atoms with E-state index in [4.69, 9.17) is 14.2 Å². The summed E-state index contributed by atoms with van der Waals surface area (Å²) in [7, 11) is 1.43. The minimum absolute atomic E-state index is 0.0612. The lowest BCUT2D eigenvalue weighted by molar-refractivity contribution is -0.193. The van der Waals surface area contributed by atoms with Crippen LogP contribution in [-0.4, -0.2) is 43.3 Å². The number of unbranched alkanes of at least 4 members (excludes halogenated alkanes) is 2. The second kappa shape index (κ2) is 15.1. The van der Waals surface area contributed by atoms with Gasteiger partial charge in [-0.05, 0) is 74.5 Å². The van der Waals surface area contributed by atoms with Crippen LogP contribution in [0.1, 0.15) is 98.3 Å². The van der Waals surface area contributed by atoms with E-state index >= 15 is 0 Å². The van der Waals surface area contributed by atoms with Crippen LogP contribution in [0.4, 0.5) is 0 Å². The lowest BCUT2D eigenvalue weighted by Gasteiger charge is -2.34. The number of aliphatic hydroxyl groups excluding tert-OH is 1. The van der Waals surface area contributed by atoms with Crippen molar-refractivity contribution in [3.05, 3.63) is 24.3 Å². The Labute approximate surface area is 208 Å². The number of hydrogen-bond donors (Lipinski definition) is 1. The minimum atomic E-state index is -0.320. The molecule has 0 aromatic carbocycles. The summed E-state index contributed by atoms with van der Waals surface area (Å²) >= 11 is 0. The maximum atomic E-state index is 11.3. The topological polar surface area (TPSA) is 65.0 Å². The highest BCUT2D eigenvalue weighted by Crippen LogP contribution is 2.43. The van der Waals surface area contributed by atoms with E-state index in [0.717, 1.165) is 58.0 Å². The van der Waals surface area contributed by atoms with Crippen LogP contribution in [-0.2, 0) is 19.0 Å². The quantitative estimate of drug-likeness (QED) is 0.173. The molecule has 0 radical (unpaired) electrons. The Kier molecular flexibility index (Phi) is 12.9. The van der Waals surface area contributed by atoms with Crippen LogP contribution < -0.4 is 0 Å². The Balaban J connectivity index is 2.10. The molecule has 5 nitrogen and oxygen atoms in total. The summed E-state index contributed by atoms with van der Waals surface area (Å²) in [6.45, 7) is 9.86. The molecule has 0 aromatic heterocycles. The summed E-state index contributed by atoms with van der Waals surface area (Å²) in [5, 5.41) is 10.9. The molecule has 2 fully saturated rings. The first kappa shape index (κ1) is 29.1. The molecule has 2 unspecified atom stereocenters. The van der Waals surface area contributed by atoms with Gasteiger partial charge in [0.15, 0.2) is 6.29 Å². The molecule has 0 bridgehead atoms. The van der Waals surface area contributed by atoms with Gasteiger partial charge in [-0.15, -0.1) is 0 Å². The third kappa shape index (κ3) is 9.83. The van der Waals surface area contributed by atoms with E-state index in [0.29, 0.717) is 12.3 Å². The number of carbonyl (C=O) groups excluding carboxylic acids is 1. The smallest absolute Gasteiger partial charge is 0.305 e. The number of aliphatic hydroxyl groups is 1. The van der Waals surface area contributed by atoms with Gasteiger partial charge >= 0.3 is 5.97 Å². The summed E-state index contributed by atoms with van der Waals surface area (Å²) in [5.41, 5.74) is 0.126. The van der Waals surface area contributed by atoms with E-state index in [1.54, 1.807) is 0 Å². The Morgan fingerprint density at radius 3 is 2.71 bits per heavy atom. The van der Waals surface area contributed by atoms with Crippen molar-refractivity contribution in [2.75, 3.05) is 13.7 Å². The van der Waals surface area contributed by atoms with Crippen LogP contribution in [0, 0.1) is 23.2 Å². The molecule has 0 aromatic rings. The fraction of sp³-hybridized carbons (Fsp3) is 0.828. The minimum Gasteiger partial charge on any atom is -0.469 e. The summed E-state index contributed by atoms with van der Waals surface area (Å²) in [5.74, 6) is 0.624. The van der Waals surface area contributed by atoms with Gasteiger partial charge in [0.2, 0.25) is 0 Å². The lowest BCUT2D eigenvalue weighted by atomic mass is 9.80. The van der Waals surface area contributed by atoms with E-state index in [9.17, 15) is 9.90 Å². The number of carbonyl (C=O) groups is 1. The SMILES string of the molecule is CCCCC(C)(C)C=C[C@H](OC1CCCCO1)[C@H]1[C@H](C)CC(O)[C@@H]1CC=CCCCC(=O)OC. The Bertz CT molecular complexity index is 634. The average Bonchev–Trinajstić information content (AvgIpc) is 3.10. The predicted molar refractivity (Wildman–Crippen MR) is 137 cm³/mol. The fourth-order valence-corrected chi connectivity index (χ4v) is 5.44. The van der Waals surface area contributed by atoms with Gasteiger partial charge in [0.25, 0.3) is 0 Å². The Hall–Kier alpha value is -1.17. The number of esters is 1. The van der Waals surface area contributed by atoms with Crippen molar-refractivity contribution < 1.29 is 24.1 Å². The number of allylic oxidation sites excluding steroid dienone is 3. The molecule has 6 atom stereocenters. The van der Waals surface area contributed by atoms with Crippen molar-refractivity contribution in [1.82, 2.24) is 0 Å². The van der Waals surface area contributed by atoms with Crippen molar-refractivity contribution in [3.63, 3.8) is 0 Å². The van der Waals surface area contributed by atoms with Gasteiger partial charge in [-0.1, -0.05) is 64.8 Å². The van der Waals surface area contributed by atoms with Crippen LogP contribution in [0.5, 0.6) is 0 Å². The normalized spacial score (nSPS) is 29.2. The first-order valence-corrected chi connectivity index (χ1v) is 13.6. The monoisotopic (exact) mass is 478 g/mol. The van der Waals surface area contributed by atoms with E-state index in [2.05, 4.69) is 52.0 Å². The molecule has 0 amide bonds. The van der Waals surface area contributed by atoms with Crippen LogP contribution >= 0.6 is 0 Å². The van der Waals surface area contributed by atoms with Crippen molar-refractivity contribution in [2.24, 2.45) is 23.2 Å². The molecule has 0 spiro atoms. The van der Waals surface area contributed by atoms with Crippen LogP contribution in [0.2, 0.25) is 0 Å². The fourth-order valence-electron chi connectivity index (χ4n) is 5.44. The van der Waals surface area contributed by atoms with Crippen molar-refractivity contribution in [3.8, 4) is 0 Å². The molecule has 2 rings (SSSR count). The number of ether oxygens (including phenoxy) is 3. The standard InChI is InChI=1S/C29H50O5/c1-6-7-18-29(3,4)19-17-25(34-27-16-12-13-20-33-27)28-22(2)21-24(30)23(28)14-10-8-9-11-15-26(31)32-5/h8,10,17,19,22-25,27-28,30H,6-7,9,11-16,18,20-21H2,1-5H3/t22-,23+,24?,25+,27?,28+/m1/s1. The molecular formula is C29H50O5. The molecule has 1 aliphatic heterocycles. The molecule has 1 saturated carbocycles. The lowest BCUT2D eigenvalue weighted by Crippen LogP contribution is -2.36. The highest BCUT2D eigenvalue weighted by Gasteiger charge is 2.44. The molecular weight excluding hydrogens is 428 g/mol. The van der Waals surface area contributed by atoms with Crippen molar-refractivity contribution >= 4 is 5.97 Å². The molecule has 1 N–H and O–H groups in total. The third-order valence-corrected chi connectivity index (χ3v) is 7.55. The van der Waals surface area contributed by atoms with Crippen LogP contribution in [0.25, 0.3) is 0 Å². The van der Waals surface area contributed by atoms with Gasteiger partial charge in [0.1, 0.15) is 0 Å². The first-order valence-electron chi connectivity index (χ1n) is 13.6.